The third kappa shape index (κ3) is 3.21. The Labute approximate surface area is 101 Å². The number of nitrogen functional groups attached to an aromatic ring is 1. The molecule has 5 nitrogen and oxygen atoms in total. The number of hydrogen-bond acceptors (Lipinski definition) is 5. The van der Waals surface area contributed by atoms with Crippen LogP contribution in [0.4, 0.5) is 11.5 Å². The summed E-state index contributed by atoms with van der Waals surface area (Å²) < 4.78 is 5.27. The highest BCUT2D eigenvalue weighted by molar-refractivity contribution is 6.28. The Morgan fingerprint density at radius 1 is 1.44 bits per heavy atom. The quantitative estimate of drug-likeness (QED) is 0.628. The Bertz CT molecular complexity index is 359. The molecule has 0 aliphatic rings. The van der Waals surface area contributed by atoms with Crippen LogP contribution in [-0.2, 0) is 4.74 Å². The van der Waals surface area contributed by atoms with Crippen LogP contribution in [0.25, 0.3) is 0 Å². The maximum Gasteiger partial charge on any atom is 0.224 e. The van der Waals surface area contributed by atoms with Gasteiger partial charge in [0.05, 0.1) is 18.0 Å². The Hall–Kier alpha value is -1.07. The summed E-state index contributed by atoms with van der Waals surface area (Å²) in [6.45, 7) is 5.81. The highest BCUT2D eigenvalue weighted by atomic mass is 35.5. The zero-order valence-corrected chi connectivity index (χ0v) is 10.6. The molecule has 2 N–H and O–H groups in total. The van der Waals surface area contributed by atoms with Crippen molar-refractivity contribution in [3.05, 3.63) is 11.0 Å². The molecule has 0 unspecified atom stereocenters. The molecule has 1 aromatic heterocycles. The average Bonchev–Trinajstić information content (AvgIpc) is 2.23. The molecule has 0 aromatic carbocycles. The van der Waals surface area contributed by atoms with E-state index in [1.54, 1.807) is 0 Å². The van der Waals surface area contributed by atoms with Crippen molar-refractivity contribution < 1.29 is 4.74 Å². The SMILES string of the molecule is CCOCCN(C)c1nc(Cl)nc(C)c1N. The van der Waals surface area contributed by atoms with E-state index in [4.69, 9.17) is 22.1 Å². The zero-order chi connectivity index (χ0) is 12.1. The minimum Gasteiger partial charge on any atom is -0.394 e. The van der Waals surface area contributed by atoms with Crippen LogP contribution in [0.1, 0.15) is 12.6 Å². The third-order valence-electron chi connectivity index (χ3n) is 2.23. The van der Waals surface area contributed by atoms with Crippen LogP contribution in [0, 0.1) is 6.92 Å². The van der Waals surface area contributed by atoms with Gasteiger partial charge in [-0.25, -0.2) is 4.98 Å². The molecular weight excluding hydrogens is 228 g/mol. The maximum atomic E-state index is 5.89. The molecule has 1 heterocycles. The van der Waals surface area contributed by atoms with Gasteiger partial charge in [0.2, 0.25) is 5.28 Å². The molecule has 0 saturated heterocycles. The van der Waals surface area contributed by atoms with Gasteiger partial charge >= 0.3 is 0 Å². The van der Waals surface area contributed by atoms with Gasteiger partial charge in [0.1, 0.15) is 0 Å². The predicted octanol–water partition coefficient (Wildman–Crippen LogP) is 1.49. The molecule has 0 fully saturated rings. The first-order chi connectivity index (χ1) is 7.56. The van der Waals surface area contributed by atoms with Crippen LogP contribution >= 0.6 is 11.6 Å². The highest BCUT2D eigenvalue weighted by Crippen LogP contribution is 2.23. The van der Waals surface area contributed by atoms with Gasteiger partial charge in [-0.1, -0.05) is 0 Å². The van der Waals surface area contributed by atoms with Crippen molar-refractivity contribution in [3.63, 3.8) is 0 Å². The Kier molecular flexibility index (Phi) is 4.76. The first kappa shape index (κ1) is 13.0. The van der Waals surface area contributed by atoms with E-state index in [9.17, 15) is 0 Å². The Balaban J connectivity index is 2.78. The molecule has 0 aliphatic carbocycles. The van der Waals surface area contributed by atoms with Gasteiger partial charge in [0.25, 0.3) is 0 Å². The average molecular weight is 245 g/mol. The third-order valence-corrected chi connectivity index (χ3v) is 2.39. The van der Waals surface area contributed by atoms with Crippen LogP contribution in [0.2, 0.25) is 5.28 Å². The normalized spacial score (nSPS) is 10.5. The van der Waals surface area contributed by atoms with Crippen LogP contribution in [0.3, 0.4) is 0 Å². The fourth-order valence-electron chi connectivity index (χ4n) is 1.28. The summed E-state index contributed by atoms with van der Waals surface area (Å²) in [5, 5.41) is 0.213. The number of hydrogen-bond donors (Lipinski definition) is 1. The lowest BCUT2D eigenvalue weighted by molar-refractivity contribution is 0.154. The second kappa shape index (κ2) is 5.86. The molecule has 0 saturated carbocycles. The minimum absolute atomic E-state index is 0.213. The lowest BCUT2D eigenvalue weighted by atomic mass is 10.3. The number of nitrogens with two attached hydrogens (primary N) is 1. The second-order valence-corrected chi connectivity index (χ2v) is 3.77. The van der Waals surface area contributed by atoms with E-state index in [2.05, 4.69) is 9.97 Å². The van der Waals surface area contributed by atoms with Crippen molar-refractivity contribution in [1.29, 1.82) is 0 Å². The molecule has 1 aromatic rings. The molecule has 0 radical (unpaired) electrons. The van der Waals surface area contributed by atoms with Crippen molar-refractivity contribution in [2.24, 2.45) is 0 Å². The van der Waals surface area contributed by atoms with Crippen molar-refractivity contribution >= 4 is 23.1 Å². The van der Waals surface area contributed by atoms with E-state index in [1.807, 2.05) is 25.8 Å². The second-order valence-electron chi connectivity index (χ2n) is 3.43. The number of halogens is 1. The summed E-state index contributed by atoms with van der Waals surface area (Å²) in [7, 11) is 1.90. The standard InChI is InChI=1S/C10H17ClN4O/c1-4-16-6-5-15(3)9-8(12)7(2)13-10(11)14-9/h4-6,12H2,1-3H3. The number of rotatable bonds is 5. The number of anilines is 2. The number of aryl methyl sites for hydroxylation is 1. The first-order valence-corrected chi connectivity index (χ1v) is 5.52. The van der Waals surface area contributed by atoms with Gasteiger partial charge in [-0.3, -0.25) is 0 Å². The highest BCUT2D eigenvalue weighted by Gasteiger charge is 2.11. The summed E-state index contributed by atoms with van der Waals surface area (Å²) in [6.07, 6.45) is 0. The summed E-state index contributed by atoms with van der Waals surface area (Å²) in [5.74, 6) is 0.650. The summed E-state index contributed by atoms with van der Waals surface area (Å²) in [6, 6.07) is 0. The molecule has 1 rings (SSSR count). The molecule has 0 bridgehead atoms. The summed E-state index contributed by atoms with van der Waals surface area (Å²) >= 11 is 5.79. The molecule has 6 heteroatoms. The number of nitrogens with zero attached hydrogens (tertiary/aromatic N) is 3. The topological polar surface area (TPSA) is 64.3 Å². The molecule has 0 amide bonds. The largest absolute Gasteiger partial charge is 0.394 e. The van der Waals surface area contributed by atoms with Gasteiger partial charge in [0, 0.05) is 20.2 Å². The predicted molar refractivity (Wildman–Crippen MR) is 66.0 cm³/mol. The van der Waals surface area contributed by atoms with E-state index >= 15 is 0 Å². The van der Waals surface area contributed by atoms with Crippen molar-refractivity contribution in [3.8, 4) is 0 Å². The maximum absolute atomic E-state index is 5.89. The lowest BCUT2D eigenvalue weighted by Gasteiger charge is -2.20. The van der Waals surface area contributed by atoms with Crippen molar-refractivity contribution in [1.82, 2.24) is 9.97 Å². The van der Waals surface area contributed by atoms with E-state index in [1.165, 1.54) is 0 Å². The van der Waals surface area contributed by atoms with Gasteiger partial charge < -0.3 is 15.4 Å². The zero-order valence-electron chi connectivity index (χ0n) is 9.83. The molecule has 0 spiro atoms. The van der Waals surface area contributed by atoms with E-state index in [0.29, 0.717) is 37.0 Å². The van der Waals surface area contributed by atoms with Gasteiger partial charge in [0.15, 0.2) is 5.82 Å². The minimum atomic E-state index is 0.213. The van der Waals surface area contributed by atoms with Gasteiger partial charge in [-0.15, -0.1) is 0 Å². The van der Waals surface area contributed by atoms with Gasteiger partial charge in [-0.05, 0) is 25.4 Å². The van der Waals surface area contributed by atoms with Crippen LogP contribution < -0.4 is 10.6 Å². The summed E-state index contributed by atoms with van der Waals surface area (Å²) in [5.41, 5.74) is 7.14. The first-order valence-electron chi connectivity index (χ1n) is 5.14. The lowest BCUT2D eigenvalue weighted by Crippen LogP contribution is -2.25. The molecule has 0 atom stereocenters. The molecular formula is C10H17ClN4O. The van der Waals surface area contributed by atoms with Gasteiger partial charge in [-0.2, -0.15) is 4.98 Å². The Morgan fingerprint density at radius 2 is 2.12 bits per heavy atom. The van der Waals surface area contributed by atoms with E-state index < -0.39 is 0 Å². The molecule has 16 heavy (non-hydrogen) atoms. The molecule has 90 valence electrons. The number of aromatic nitrogens is 2. The van der Waals surface area contributed by atoms with Crippen molar-refractivity contribution in [2.75, 3.05) is 37.4 Å². The fraction of sp³-hybridized carbons (Fsp3) is 0.600. The Morgan fingerprint density at radius 3 is 2.75 bits per heavy atom. The van der Waals surface area contributed by atoms with Crippen LogP contribution in [0.15, 0.2) is 0 Å². The summed E-state index contributed by atoms with van der Waals surface area (Å²) in [4.78, 5) is 10.0. The molecule has 0 aliphatic heterocycles. The monoisotopic (exact) mass is 244 g/mol. The number of ether oxygens (including phenoxy) is 1. The van der Waals surface area contributed by atoms with Crippen LogP contribution in [0.5, 0.6) is 0 Å². The van der Waals surface area contributed by atoms with Crippen molar-refractivity contribution in [2.45, 2.75) is 13.8 Å². The smallest absolute Gasteiger partial charge is 0.224 e. The fourth-order valence-corrected chi connectivity index (χ4v) is 1.48. The van der Waals surface area contributed by atoms with Crippen LogP contribution in [-0.4, -0.2) is 36.8 Å². The number of likely N-dealkylation sites (N-methyl/N-ethyl adjacent to an activating group) is 1. The van der Waals surface area contributed by atoms with E-state index in [0.717, 1.165) is 0 Å². The van der Waals surface area contributed by atoms with E-state index in [-0.39, 0.29) is 5.28 Å².